The summed E-state index contributed by atoms with van der Waals surface area (Å²) >= 11 is 5.91. The molecule has 0 saturated carbocycles. The van der Waals surface area contributed by atoms with Crippen molar-refractivity contribution in [3.63, 3.8) is 0 Å². The van der Waals surface area contributed by atoms with Gasteiger partial charge in [0, 0.05) is 18.7 Å². The summed E-state index contributed by atoms with van der Waals surface area (Å²) in [5.74, 6) is -0.0133. The SMILES string of the molecule is CCC(CC)N(C)C(=O)c1ccc(N)c(Cl)c1. The third kappa shape index (κ3) is 3.13. The number of nitrogens with two attached hydrogens (primary N) is 1. The first-order valence-electron chi connectivity index (χ1n) is 5.83. The lowest BCUT2D eigenvalue weighted by molar-refractivity contribution is 0.0724. The van der Waals surface area contributed by atoms with Gasteiger partial charge in [0.15, 0.2) is 0 Å². The molecule has 0 heterocycles. The van der Waals surface area contributed by atoms with Gasteiger partial charge in [0.05, 0.1) is 10.7 Å². The molecule has 0 unspecified atom stereocenters. The number of nitrogen functional groups attached to an aromatic ring is 1. The number of rotatable bonds is 4. The van der Waals surface area contributed by atoms with E-state index >= 15 is 0 Å². The third-order valence-corrected chi connectivity index (χ3v) is 3.39. The van der Waals surface area contributed by atoms with Crippen LogP contribution < -0.4 is 5.73 Å². The number of hydrogen-bond acceptors (Lipinski definition) is 2. The lowest BCUT2D eigenvalue weighted by Crippen LogP contribution is -2.36. The highest BCUT2D eigenvalue weighted by atomic mass is 35.5. The number of anilines is 1. The van der Waals surface area contributed by atoms with Gasteiger partial charge in [-0.3, -0.25) is 4.79 Å². The zero-order chi connectivity index (χ0) is 13.0. The molecule has 2 N–H and O–H groups in total. The normalized spacial score (nSPS) is 10.6. The second kappa shape index (κ2) is 5.92. The van der Waals surface area contributed by atoms with Crippen LogP contribution in [0.15, 0.2) is 18.2 Å². The van der Waals surface area contributed by atoms with Crippen LogP contribution in [0.1, 0.15) is 37.0 Å². The van der Waals surface area contributed by atoms with Crippen molar-refractivity contribution in [3.05, 3.63) is 28.8 Å². The molecule has 0 spiro atoms. The summed E-state index contributed by atoms with van der Waals surface area (Å²) in [6.07, 6.45) is 1.89. The van der Waals surface area contributed by atoms with E-state index in [0.29, 0.717) is 16.3 Å². The fraction of sp³-hybridized carbons (Fsp3) is 0.462. The Labute approximate surface area is 108 Å². The van der Waals surface area contributed by atoms with Crippen LogP contribution in [-0.2, 0) is 0 Å². The predicted octanol–water partition coefficient (Wildman–Crippen LogP) is 3.18. The van der Waals surface area contributed by atoms with Crippen LogP contribution in [-0.4, -0.2) is 23.9 Å². The highest BCUT2D eigenvalue weighted by molar-refractivity contribution is 6.33. The largest absolute Gasteiger partial charge is 0.398 e. The zero-order valence-corrected chi connectivity index (χ0v) is 11.3. The van der Waals surface area contributed by atoms with E-state index in [2.05, 4.69) is 13.8 Å². The third-order valence-electron chi connectivity index (χ3n) is 3.06. The van der Waals surface area contributed by atoms with Crippen LogP contribution in [0.3, 0.4) is 0 Å². The van der Waals surface area contributed by atoms with Crippen LogP contribution in [0.25, 0.3) is 0 Å². The molecule has 3 nitrogen and oxygen atoms in total. The van der Waals surface area contributed by atoms with E-state index in [1.165, 1.54) is 0 Å². The number of carbonyl (C=O) groups is 1. The molecule has 1 rings (SSSR count). The van der Waals surface area contributed by atoms with Crippen molar-refractivity contribution in [3.8, 4) is 0 Å². The lowest BCUT2D eigenvalue weighted by Gasteiger charge is -2.26. The summed E-state index contributed by atoms with van der Waals surface area (Å²) in [6, 6.07) is 5.26. The molecule has 1 aromatic rings. The number of nitrogens with zero attached hydrogens (tertiary/aromatic N) is 1. The average Bonchev–Trinajstić information content (AvgIpc) is 2.33. The Kier molecular flexibility index (Phi) is 4.82. The molecule has 94 valence electrons. The van der Waals surface area contributed by atoms with Crippen molar-refractivity contribution < 1.29 is 4.79 Å². The van der Waals surface area contributed by atoms with Gasteiger partial charge in [-0.05, 0) is 31.0 Å². The van der Waals surface area contributed by atoms with Gasteiger partial charge >= 0.3 is 0 Å². The standard InChI is InChI=1S/C13H19ClN2O/c1-4-10(5-2)16(3)13(17)9-6-7-12(15)11(14)8-9/h6-8,10H,4-5,15H2,1-3H3. The second-order valence-corrected chi connectivity index (χ2v) is 4.53. The van der Waals surface area contributed by atoms with Crippen molar-refractivity contribution in [2.24, 2.45) is 0 Å². The van der Waals surface area contributed by atoms with Crippen molar-refractivity contribution in [1.29, 1.82) is 0 Å². The molecule has 0 aliphatic carbocycles. The van der Waals surface area contributed by atoms with Gasteiger partial charge in [0.2, 0.25) is 0 Å². The zero-order valence-electron chi connectivity index (χ0n) is 10.5. The van der Waals surface area contributed by atoms with Crippen LogP contribution in [0.5, 0.6) is 0 Å². The van der Waals surface area contributed by atoms with Crippen LogP contribution in [0.4, 0.5) is 5.69 Å². The van der Waals surface area contributed by atoms with E-state index in [1.807, 2.05) is 7.05 Å². The first-order chi connectivity index (χ1) is 8.01. The van der Waals surface area contributed by atoms with E-state index < -0.39 is 0 Å². The maximum absolute atomic E-state index is 12.2. The fourth-order valence-corrected chi connectivity index (χ4v) is 2.05. The van der Waals surface area contributed by atoms with E-state index in [-0.39, 0.29) is 11.9 Å². The summed E-state index contributed by atoms with van der Waals surface area (Å²) < 4.78 is 0. The molecule has 17 heavy (non-hydrogen) atoms. The number of amides is 1. The van der Waals surface area contributed by atoms with E-state index in [4.69, 9.17) is 17.3 Å². The Morgan fingerprint density at radius 1 is 1.41 bits per heavy atom. The Morgan fingerprint density at radius 3 is 2.47 bits per heavy atom. The van der Waals surface area contributed by atoms with Gasteiger partial charge in [-0.25, -0.2) is 0 Å². The van der Waals surface area contributed by atoms with Crippen LogP contribution in [0, 0.1) is 0 Å². The lowest BCUT2D eigenvalue weighted by atomic mass is 10.1. The second-order valence-electron chi connectivity index (χ2n) is 4.12. The van der Waals surface area contributed by atoms with Gasteiger partial charge in [0.1, 0.15) is 0 Å². The molecule has 0 atom stereocenters. The highest BCUT2D eigenvalue weighted by Gasteiger charge is 2.18. The quantitative estimate of drug-likeness (QED) is 0.839. The van der Waals surface area contributed by atoms with Crippen molar-refractivity contribution in [2.75, 3.05) is 12.8 Å². The topological polar surface area (TPSA) is 46.3 Å². The van der Waals surface area contributed by atoms with Crippen LogP contribution >= 0.6 is 11.6 Å². The van der Waals surface area contributed by atoms with E-state index in [9.17, 15) is 4.79 Å². The molecule has 1 amide bonds. The molecule has 0 fully saturated rings. The monoisotopic (exact) mass is 254 g/mol. The first kappa shape index (κ1) is 13.8. The summed E-state index contributed by atoms with van der Waals surface area (Å²) in [5.41, 5.74) is 6.70. The molecule has 4 heteroatoms. The summed E-state index contributed by atoms with van der Waals surface area (Å²) in [7, 11) is 1.82. The average molecular weight is 255 g/mol. The molecule has 0 aliphatic rings. The molecule has 0 radical (unpaired) electrons. The predicted molar refractivity (Wildman–Crippen MR) is 72.3 cm³/mol. The molecule has 0 aromatic heterocycles. The van der Waals surface area contributed by atoms with Crippen LogP contribution in [0.2, 0.25) is 5.02 Å². The fourth-order valence-electron chi connectivity index (χ4n) is 1.87. The van der Waals surface area contributed by atoms with Gasteiger partial charge in [-0.15, -0.1) is 0 Å². The minimum atomic E-state index is -0.0133. The minimum Gasteiger partial charge on any atom is -0.398 e. The van der Waals surface area contributed by atoms with Gasteiger partial charge in [-0.1, -0.05) is 25.4 Å². The Bertz CT molecular complexity index is 402. The Morgan fingerprint density at radius 2 is 2.00 bits per heavy atom. The van der Waals surface area contributed by atoms with Gasteiger partial charge < -0.3 is 10.6 Å². The maximum atomic E-state index is 12.2. The number of carbonyl (C=O) groups excluding carboxylic acids is 1. The number of halogens is 1. The Hall–Kier alpha value is -1.22. The molecule has 0 bridgehead atoms. The minimum absolute atomic E-state index is 0.0133. The van der Waals surface area contributed by atoms with Crippen molar-refractivity contribution >= 4 is 23.2 Å². The maximum Gasteiger partial charge on any atom is 0.253 e. The van der Waals surface area contributed by atoms with Gasteiger partial charge in [-0.2, -0.15) is 0 Å². The molecular formula is C13H19ClN2O. The molecular weight excluding hydrogens is 236 g/mol. The van der Waals surface area contributed by atoms with Crippen molar-refractivity contribution in [1.82, 2.24) is 4.90 Å². The smallest absolute Gasteiger partial charge is 0.253 e. The summed E-state index contributed by atoms with van der Waals surface area (Å²) in [4.78, 5) is 14.0. The molecule has 0 aliphatic heterocycles. The summed E-state index contributed by atoms with van der Waals surface area (Å²) in [6.45, 7) is 4.15. The van der Waals surface area contributed by atoms with E-state index in [1.54, 1.807) is 23.1 Å². The Balaban J connectivity index is 2.92. The number of benzene rings is 1. The van der Waals surface area contributed by atoms with Crippen molar-refractivity contribution in [2.45, 2.75) is 32.7 Å². The highest BCUT2D eigenvalue weighted by Crippen LogP contribution is 2.21. The first-order valence-corrected chi connectivity index (χ1v) is 6.21. The number of hydrogen-bond donors (Lipinski definition) is 1. The summed E-state index contributed by atoms with van der Waals surface area (Å²) in [5, 5.41) is 0.425. The van der Waals surface area contributed by atoms with E-state index in [0.717, 1.165) is 12.8 Å². The van der Waals surface area contributed by atoms with Gasteiger partial charge in [0.25, 0.3) is 5.91 Å². The molecule has 0 saturated heterocycles. The molecule has 1 aromatic carbocycles.